The maximum atomic E-state index is 11.8. The van der Waals surface area contributed by atoms with Crippen LogP contribution in [0.15, 0.2) is 60.7 Å². The average molecular weight is 590 g/mol. The highest BCUT2D eigenvalue weighted by molar-refractivity contribution is 5.81. The molecule has 2 aliphatic rings. The lowest BCUT2D eigenvalue weighted by Crippen LogP contribution is -2.53. The first kappa shape index (κ1) is 34.1. The quantitative estimate of drug-likeness (QED) is 0.286. The molecule has 0 spiro atoms. The molecule has 0 unspecified atom stereocenters. The van der Waals surface area contributed by atoms with Gasteiger partial charge in [0.25, 0.3) is 0 Å². The van der Waals surface area contributed by atoms with Crippen LogP contribution in [0.5, 0.6) is 0 Å². The standard InChI is InChI=1S/C22H26N2.C14H25NO4/c1-22(15-9-4-10-16-22)20(17-23)24-21(18-11-5-2-6-12-18)19-13-7-3-8-14-19;1-13(2,3)19-12(18)15-10(11(16)17)14(4)8-6-5-7-9-14/h2-3,5-8,11-14,20-21,24H,4,9-10,15-16H2,1H3;10H,5-9H2,1-4H3,(H,15,18)(H,16,17)/t20-;10-/m00/s1. The summed E-state index contributed by atoms with van der Waals surface area (Å²) >= 11 is 0. The SMILES string of the molecule is CC(C)(C)OC(=O)N[C@@H](C(=O)O)C1(C)CCCCC1.CC1([C@H](C#N)NC(c2ccccc2)c2ccccc2)CCCCC1. The van der Waals surface area contributed by atoms with Gasteiger partial charge in [-0.25, -0.2) is 9.59 Å². The molecule has 0 heterocycles. The minimum Gasteiger partial charge on any atom is -0.480 e. The van der Waals surface area contributed by atoms with Crippen LogP contribution >= 0.6 is 0 Å². The van der Waals surface area contributed by atoms with Gasteiger partial charge in [-0.1, -0.05) is 113 Å². The first-order valence-corrected chi connectivity index (χ1v) is 15.8. The molecule has 0 saturated heterocycles. The molecule has 2 aromatic rings. The molecule has 0 aliphatic heterocycles. The van der Waals surface area contributed by atoms with Crippen LogP contribution in [0.1, 0.15) is 116 Å². The number of carbonyl (C=O) groups excluding carboxylic acids is 1. The van der Waals surface area contributed by atoms with E-state index in [4.69, 9.17) is 4.74 Å². The van der Waals surface area contributed by atoms with Crippen molar-refractivity contribution in [2.75, 3.05) is 0 Å². The Hall–Kier alpha value is -3.37. The molecule has 2 aliphatic carbocycles. The van der Waals surface area contributed by atoms with Crippen LogP contribution in [0.2, 0.25) is 0 Å². The Kier molecular flexibility index (Phi) is 12.2. The molecule has 0 aromatic heterocycles. The minimum atomic E-state index is -0.991. The van der Waals surface area contributed by atoms with E-state index in [1.54, 1.807) is 20.8 Å². The second-order valence-corrected chi connectivity index (χ2v) is 13.8. The summed E-state index contributed by atoms with van der Waals surface area (Å²) in [5, 5.41) is 25.4. The number of hydrogen-bond donors (Lipinski definition) is 3. The lowest BCUT2D eigenvalue weighted by atomic mass is 9.70. The number of hydrogen-bond acceptors (Lipinski definition) is 5. The minimum absolute atomic E-state index is 0.0517. The van der Waals surface area contributed by atoms with Crippen LogP contribution in [-0.4, -0.2) is 34.9 Å². The van der Waals surface area contributed by atoms with Gasteiger partial charge < -0.3 is 15.2 Å². The maximum Gasteiger partial charge on any atom is 0.408 e. The van der Waals surface area contributed by atoms with E-state index >= 15 is 0 Å². The van der Waals surface area contributed by atoms with E-state index < -0.39 is 23.7 Å². The molecule has 0 bridgehead atoms. The Labute approximate surface area is 258 Å². The zero-order valence-corrected chi connectivity index (χ0v) is 26.7. The highest BCUT2D eigenvalue weighted by Gasteiger charge is 2.42. The molecule has 2 aromatic carbocycles. The van der Waals surface area contributed by atoms with E-state index in [2.05, 4.69) is 72.2 Å². The molecule has 2 atom stereocenters. The number of carboxylic acid groups (broad SMARTS) is 1. The van der Waals surface area contributed by atoms with Crippen LogP contribution < -0.4 is 10.6 Å². The topological polar surface area (TPSA) is 111 Å². The number of amides is 1. The first-order valence-electron chi connectivity index (χ1n) is 15.8. The van der Waals surface area contributed by atoms with Gasteiger partial charge in [0.15, 0.2) is 0 Å². The molecular weight excluding hydrogens is 538 g/mol. The van der Waals surface area contributed by atoms with Gasteiger partial charge in [0.1, 0.15) is 17.7 Å². The Morgan fingerprint density at radius 3 is 1.65 bits per heavy atom. The Balaban J connectivity index is 0.000000243. The summed E-state index contributed by atoms with van der Waals surface area (Å²) in [6.07, 6.45) is 10.2. The second-order valence-electron chi connectivity index (χ2n) is 13.8. The van der Waals surface area contributed by atoms with E-state index in [1.807, 2.05) is 19.1 Å². The van der Waals surface area contributed by atoms with Gasteiger partial charge in [0, 0.05) is 0 Å². The molecule has 2 saturated carbocycles. The molecule has 1 amide bonds. The third-order valence-corrected chi connectivity index (χ3v) is 9.02. The zero-order valence-electron chi connectivity index (χ0n) is 26.7. The second kappa shape index (κ2) is 15.4. The average Bonchev–Trinajstić information content (AvgIpc) is 2.97. The number of nitrogens with one attached hydrogen (secondary N) is 2. The smallest absolute Gasteiger partial charge is 0.408 e. The molecule has 234 valence electrons. The van der Waals surface area contributed by atoms with Crippen molar-refractivity contribution < 1.29 is 19.4 Å². The fourth-order valence-electron chi connectivity index (χ4n) is 6.49. The normalized spacial score (nSPS) is 19.1. The Morgan fingerprint density at radius 2 is 1.26 bits per heavy atom. The summed E-state index contributed by atoms with van der Waals surface area (Å²) in [7, 11) is 0. The predicted molar refractivity (Wildman–Crippen MR) is 170 cm³/mol. The number of benzene rings is 2. The zero-order chi connectivity index (χ0) is 31.5. The van der Waals surface area contributed by atoms with Crippen LogP contribution in [-0.2, 0) is 9.53 Å². The van der Waals surface area contributed by atoms with Gasteiger partial charge in [-0.15, -0.1) is 0 Å². The summed E-state index contributed by atoms with van der Waals surface area (Å²) in [6.45, 7) is 9.47. The van der Waals surface area contributed by atoms with Gasteiger partial charge in [0.2, 0.25) is 0 Å². The van der Waals surface area contributed by atoms with Gasteiger partial charge in [0.05, 0.1) is 12.1 Å². The van der Waals surface area contributed by atoms with E-state index in [0.717, 1.165) is 44.9 Å². The number of nitrogens with zero attached hydrogens (tertiary/aromatic N) is 1. The number of carboxylic acids is 1. The molecule has 4 rings (SSSR count). The fraction of sp³-hybridized carbons (Fsp3) is 0.583. The van der Waals surface area contributed by atoms with Crippen molar-refractivity contribution in [2.24, 2.45) is 10.8 Å². The van der Waals surface area contributed by atoms with Crippen LogP contribution in [0, 0.1) is 22.2 Å². The number of carbonyl (C=O) groups is 2. The lowest BCUT2D eigenvalue weighted by molar-refractivity contribution is -0.143. The van der Waals surface area contributed by atoms with Gasteiger partial charge >= 0.3 is 12.1 Å². The molecule has 2 fully saturated rings. The summed E-state index contributed by atoms with van der Waals surface area (Å²) < 4.78 is 5.14. The lowest BCUT2D eigenvalue weighted by Gasteiger charge is -2.39. The number of aliphatic carboxylic acids is 1. The summed E-state index contributed by atoms with van der Waals surface area (Å²) in [4.78, 5) is 23.2. The van der Waals surface area contributed by atoms with Crippen molar-refractivity contribution in [3.8, 4) is 6.07 Å². The van der Waals surface area contributed by atoms with Crippen molar-refractivity contribution in [1.82, 2.24) is 10.6 Å². The summed E-state index contributed by atoms with van der Waals surface area (Å²) in [5.74, 6) is -0.991. The van der Waals surface area contributed by atoms with Crippen molar-refractivity contribution in [1.29, 1.82) is 5.26 Å². The predicted octanol–water partition coefficient (Wildman–Crippen LogP) is 8.16. The highest BCUT2D eigenvalue weighted by Crippen LogP contribution is 2.40. The largest absolute Gasteiger partial charge is 0.480 e. The van der Waals surface area contributed by atoms with Crippen molar-refractivity contribution in [2.45, 2.75) is 123 Å². The number of rotatable bonds is 8. The van der Waals surface area contributed by atoms with Gasteiger partial charge in [-0.2, -0.15) is 5.26 Å². The van der Waals surface area contributed by atoms with Crippen molar-refractivity contribution in [3.63, 3.8) is 0 Å². The Bertz CT molecular complexity index is 1150. The highest BCUT2D eigenvalue weighted by atomic mass is 16.6. The molecule has 0 radical (unpaired) electrons. The van der Waals surface area contributed by atoms with Gasteiger partial charge in [-0.3, -0.25) is 5.32 Å². The van der Waals surface area contributed by atoms with Gasteiger partial charge in [-0.05, 0) is 68.4 Å². The maximum absolute atomic E-state index is 11.8. The third kappa shape index (κ3) is 10.1. The van der Waals surface area contributed by atoms with Crippen molar-refractivity contribution in [3.05, 3.63) is 71.8 Å². The van der Waals surface area contributed by atoms with E-state index in [-0.39, 0.29) is 22.9 Å². The van der Waals surface area contributed by atoms with Crippen LogP contribution in [0.4, 0.5) is 4.79 Å². The van der Waals surface area contributed by atoms with E-state index in [1.165, 1.54) is 30.4 Å². The molecular formula is C36H51N3O4. The molecule has 7 nitrogen and oxygen atoms in total. The van der Waals surface area contributed by atoms with Crippen LogP contribution in [0.25, 0.3) is 0 Å². The fourth-order valence-corrected chi connectivity index (χ4v) is 6.49. The van der Waals surface area contributed by atoms with Crippen molar-refractivity contribution >= 4 is 12.1 Å². The summed E-state index contributed by atoms with van der Waals surface area (Å²) in [6, 6.07) is 22.5. The summed E-state index contributed by atoms with van der Waals surface area (Å²) in [5.41, 5.74) is 1.47. The van der Waals surface area contributed by atoms with E-state index in [9.17, 15) is 20.0 Å². The number of alkyl carbamates (subject to hydrolysis) is 1. The number of nitriles is 1. The third-order valence-electron chi connectivity index (χ3n) is 9.02. The number of ether oxygens (including phenoxy) is 1. The first-order chi connectivity index (χ1) is 20.4. The monoisotopic (exact) mass is 589 g/mol. The van der Waals surface area contributed by atoms with Crippen LogP contribution in [0.3, 0.4) is 0 Å². The molecule has 7 heteroatoms. The molecule has 3 N–H and O–H groups in total. The molecule has 43 heavy (non-hydrogen) atoms. The Morgan fingerprint density at radius 1 is 0.814 bits per heavy atom. The van der Waals surface area contributed by atoms with E-state index in [0.29, 0.717) is 0 Å².